The van der Waals surface area contributed by atoms with E-state index in [1.807, 2.05) is 0 Å². The molecule has 0 aliphatic heterocycles. The third kappa shape index (κ3) is 70.1. The Balaban J connectivity index is 3.37. The molecule has 0 aromatic carbocycles. The third-order valence-corrected chi connectivity index (χ3v) is 16.8. The van der Waals surface area contributed by atoms with Crippen LogP contribution in [-0.2, 0) is 19.1 Å². The SMILES string of the molecule is CC/C=C\C/C=C\C/C=C\C/C=C\CCCCCCCCCCCCCCCCCCCCCCCCCCCCCCC(=O)OC(CO)COC(=O)CCCCCCCCCCCCCCCCC/C=C\CCCCCCCCCC. The van der Waals surface area contributed by atoms with Gasteiger partial charge in [-0.15, -0.1) is 0 Å². The molecule has 0 rings (SSSR count). The maximum Gasteiger partial charge on any atom is 0.306 e. The Morgan fingerprint density at radius 3 is 0.805 bits per heavy atom. The summed E-state index contributed by atoms with van der Waals surface area (Å²) in [6.07, 6.45) is 100.0. The molecule has 5 heteroatoms. The first-order valence-corrected chi connectivity index (χ1v) is 36.8. The van der Waals surface area contributed by atoms with Gasteiger partial charge in [-0.2, -0.15) is 0 Å². The molecule has 1 unspecified atom stereocenters. The number of carbonyl (C=O) groups excluding carboxylic acids is 2. The van der Waals surface area contributed by atoms with Crippen LogP contribution in [0.15, 0.2) is 60.8 Å². The van der Waals surface area contributed by atoms with Crippen LogP contribution in [0.4, 0.5) is 0 Å². The van der Waals surface area contributed by atoms with Crippen molar-refractivity contribution < 1.29 is 24.2 Å². The van der Waals surface area contributed by atoms with Crippen molar-refractivity contribution >= 4 is 11.9 Å². The quantitative estimate of drug-likeness (QED) is 0.0373. The molecule has 0 aliphatic rings. The van der Waals surface area contributed by atoms with Crippen molar-refractivity contribution in [2.75, 3.05) is 13.2 Å². The van der Waals surface area contributed by atoms with Crippen LogP contribution in [0.3, 0.4) is 0 Å². The van der Waals surface area contributed by atoms with Crippen LogP contribution >= 0.6 is 0 Å². The van der Waals surface area contributed by atoms with E-state index >= 15 is 0 Å². The number of esters is 2. The van der Waals surface area contributed by atoms with Gasteiger partial charge in [-0.1, -0.05) is 370 Å². The highest BCUT2D eigenvalue weighted by atomic mass is 16.6. The summed E-state index contributed by atoms with van der Waals surface area (Å²) in [6.45, 7) is 4.09. The fourth-order valence-electron chi connectivity index (χ4n) is 11.3. The van der Waals surface area contributed by atoms with Crippen LogP contribution in [-0.4, -0.2) is 36.4 Å². The standard InChI is InChI=1S/C77H142O5/c1-3-5-7-9-11-13-15-17-19-21-23-25-27-29-31-32-33-34-35-36-37-38-39-40-41-42-43-44-46-48-50-52-54-56-58-60-62-64-66-68-70-72-77(80)82-75(73-78)74-81-76(79)71-69-67-65-63-61-59-57-55-53-51-49-47-45-30-28-26-24-22-20-18-16-14-12-10-8-6-4-2/h5,7,11,13,17,19,22-25,75,78H,3-4,6,8-10,12,14-16,18,20-21,26-74H2,1-2H3/b7-5-,13-11-,19-17-,24-22-,25-23-. The van der Waals surface area contributed by atoms with Gasteiger partial charge < -0.3 is 14.6 Å². The lowest BCUT2D eigenvalue weighted by molar-refractivity contribution is -0.161. The number of aliphatic hydroxyl groups excluding tert-OH is 1. The second-order valence-electron chi connectivity index (χ2n) is 25.0. The summed E-state index contributed by atoms with van der Waals surface area (Å²) in [5.74, 6) is -0.566. The van der Waals surface area contributed by atoms with E-state index in [0.717, 1.165) is 64.2 Å². The van der Waals surface area contributed by atoms with E-state index in [4.69, 9.17) is 9.47 Å². The highest BCUT2D eigenvalue weighted by molar-refractivity contribution is 5.70. The van der Waals surface area contributed by atoms with Gasteiger partial charge in [0.15, 0.2) is 6.10 Å². The molecule has 480 valence electrons. The predicted molar refractivity (Wildman–Crippen MR) is 362 cm³/mol. The van der Waals surface area contributed by atoms with Gasteiger partial charge in [-0.25, -0.2) is 0 Å². The van der Waals surface area contributed by atoms with Gasteiger partial charge in [0.1, 0.15) is 6.61 Å². The van der Waals surface area contributed by atoms with Gasteiger partial charge in [-0.05, 0) is 77.0 Å². The summed E-state index contributed by atoms with van der Waals surface area (Å²) in [5, 5.41) is 9.71. The number of hydrogen-bond acceptors (Lipinski definition) is 5. The number of aliphatic hydroxyl groups is 1. The number of rotatable bonds is 69. The Morgan fingerprint density at radius 2 is 0.524 bits per heavy atom. The Morgan fingerprint density at radius 1 is 0.293 bits per heavy atom. The zero-order valence-electron chi connectivity index (χ0n) is 55.3. The van der Waals surface area contributed by atoms with E-state index in [2.05, 4.69) is 74.6 Å². The van der Waals surface area contributed by atoms with Crippen LogP contribution < -0.4 is 0 Å². The van der Waals surface area contributed by atoms with Crippen molar-refractivity contribution in [3.05, 3.63) is 60.8 Å². The van der Waals surface area contributed by atoms with Crippen LogP contribution in [0.5, 0.6) is 0 Å². The molecular weight excluding hydrogens is 1000 g/mol. The Kier molecular flexibility index (Phi) is 70.7. The van der Waals surface area contributed by atoms with E-state index in [1.54, 1.807) is 0 Å². The minimum absolute atomic E-state index is 0.0599. The molecule has 1 N–H and O–H groups in total. The van der Waals surface area contributed by atoms with Crippen molar-refractivity contribution in [2.24, 2.45) is 0 Å². The van der Waals surface area contributed by atoms with Gasteiger partial charge >= 0.3 is 11.9 Å². The van der Waals surface area contributed by atoms with Crippen molar-refractivity contribution in [3.63, 3.8) is 0 Å². The summed E-state index contributed by atoms with van der Waals surface area (Å²) in [4.78, 5) is 24.7. The fraction of sp³-hybridized carbons (Fsp3) is 0.844. The normalized spacial score (nSPS) is 12.5. The van der Waals surface area contributed by atoms with Gasteiger partial charge in [0.05, 0.1) is 6.61 Å². The van der Waals surface area contributed by atoms with Gasteiger partial charge in [0, 0.05) is 12.8 Å². The van der Waals surface area contributed by atoms with Crippen LogP contribution in [0.2, 0.25) is 0 Å². The monoisotopic (exact) mass is 1150 g/mol. The molecule has 0 saturated carbocycles. The van der Waals surface area contributed by atoms with Gasteiger partial charge in [-0.3, -0.25) is 9.59 Å². The van der Waals surface area contributed by atoms with Crippen LogP contribution in [0, 0.1) is 0 Å². The molecule has 1 atom stereocenters. The highest BCUT2D eigenvalue weighted by Gasteiger charge is 2.16. The van der Waals surface area contributed by atoms with Crippen LogP contribution in [0.1, 0.15) is 399 Å². The molecule has 0 heterocycles. The second-order valence-corrected chi connectivity index (χ2v) is 25.0. The molecule has 0 aliphatic carbocycles. The molecule has 0 spiro atoms. The van der Waals surface area contributed by atoms with E-state index in [9.17, 15) is 14.7 Å². The second kappa shape index (κ2) is 72.9. The van der Waals surface area contributed by atoms with Crippen molar-refractivity contribution in [1.29, 1.82) is 0 Å². The largest absolute Gasteiger partial charge is 0.462 e. The smallest absolute Gasteiger partial charge is 0.306 e. The topological polar surface area (TPSA) is 72.8 Å². The maximum atomic E-state index is 12.4. The lowest BCUT2D eigenvalue weighted by Crippen LogP contribution is -2.28. The number of hydrogen-bond donors (Lipinski definition) is 1. The first-order valence-electron chi connectivity index (χ1n) is 36.8. The zero-order chi connectivity index (χ0) is 59.1. The maximum absolute atomic E-state index is 12.4. The molecule has 0 saturated heterocycles. The summed E-state index contributed by atoms with van der Waals surface area (Å²) < 4.78 is 10.8. The molecule has 0 radical (unpaired) electrons. The molecule has 0 fully saturated rings. The first-order chi connectivity index (χ1) is 40.6. The van der Waals surface area contributed by atoms with Crippen molar-refractivity contribution in [1.82, 2.24) is 0 Å². The predicted octanol–water partition coefficient (Wildman–Crippen LogP) is 25.7. The zero-order valence-corrected chi connectivity index (χ0v) is 55.3. The molecule has 0 amide bonds. The minimum Gasteiger partial charge on any atom is -0.462 e. The van der Waals surface area contributed by atoms with Crippen molar-refractivity contribution in [3.8, 4) is 0 Å². The third-order valence-electron chi connectivity index (χ3n) is 16.8. The molecule has 0 bridgehead atoms. The molecule has 5 nitrogen and oxygen atoms in total. The van der Waals surface area contributed by atoms with Crippen molar-refractivity contribution in [2.45, 2.75) is 405 Å². The Hall–Kier alpha value is -2.40. The van der Waals surface area contributed by atoms with Gasteiger partial charge in [0.2, 0.25) is 0 Å². The van der Waals surface area contributed by atoms with Crippen LogP contribution in [0.25, 0.3) is 0 Å². The average molecular weight is 1150 g/mol. The lowest BCUT2D eigenvalue weighted by atomic mass is 10.0. The minimum atomic E-state index is -0.771. The van der Waals surface area contributed by atoms with E-state index in [-0.39, 0.29) is 25.2 Å². The Bertz CT molecular complexity index is 1390. The highest BCUT2D eigenvalue weighted by Crippen LogP contribution is 2.19. The molecule has 0 aromatic heterocycles. The van der Waals surface area contributed by atoms with E-state index in [1.165, 1.54) is 308 Å². The Labute approximate surface area is 512 Å². The summed E-state index contributed by atoms with van der Waals surface area (Å²) in [6, 6.07) is 0. The first kappa shape index (κ1) is 79.6. The van der Waals surface area contributed by atoms with Gasteiger partial charge in [0.25, 0.3) is 0 Å². The molecular formula is C77H142O5. The number of ether oxygens (including phenoxy) is 2. The molecule has 0 aromatic rings. The summed E-state index contributed by atoms with van der Waals surface area (Å²) in [7, 11) is 0. The number of allylic oxidation sites excluding steroid dienone is 10. The summed E-state index contributed by atoms with van der Waals surface area (Å²) in [5.41, 5.74) is 0. The van der Waals surface area contributed by atoms with E-state index in [0.29, 0.717) is 12.8 Å². The molecule has 82 heavy (non-hydrogen) atoms. The fourth-order valence-corrected chi connectivity index (χ4v) is 11.3. The lowest BCUT2D eigenvalue weighted by Gasteiger charge is -2.15. The number of unbranched alkanes of at least 4 members (excludes halogenated alkanes) is 51. The number of carbonyl (C=O) groups is 2. The van der Waals surface area contributed by atoms with E-state index < -0.39 is 6.10 Å². The summed E-state index contributed by atoms with van der Waals surface area (Å²) >= 11 is 0. The average Bonchev–Trinajstić information content (AvgIpc) is 3.49.